The fraction of sp³-hybridized carbons (Fsp3) is 0.323. The first kappa shape index (κ1) is 27.7. The second-order valence-corrected chi connectivity index (χ2v) is 9.93. The Balaban J connectivity index is 1.79. The second kappa shape index (κ2) is 12.9. The van der Waals surface area contributed by atoms with Crippen LogP contribution in [-0.4, -0.2) is 29.7 Å². The summed E-state index contributed by atoms with van der Waals surface area (Å²) in [6.07, 6.45) is 1.79. The number of aliphatic carboxylic acids is 1. The zero-order valence-corrected chi connectivity index (χ0v) is 22.0. The first-order chi connectivity index (χ1) is 17.7. The fourth-order valence-corrected chi connectivity index (χ4v) is 4.12. The lowest BCUT2D eigenvalue weighted by molar-refractivity contribution is -0.136. The number of ether oxygens (including phenoxy) is 1. The molecular formula is C31H36N2O4. The van der Waals surface area contributed by atoms with Gasteiger partial charge in [0.05, 0.1) is 6.42 Å². The molecule has 0 saturated carbocycles. The van der Waals surface area contributed by atoms with Crippen molar-refractivity contribution in [1.29, 1.82) is 5.41 Å². The molecule has 1 atom stereocenters. The standard InChI is InChI=1S/C31H36N2O4/c1-20(2)17-29(24-9-11-25(12-10-24)31(36)33-16-15-30(34)35)37-27-13-14-28(26(18-27)19-32)23-7-5-22(6-8-23)21(3)4/h5-14,18-21,29,32H,15-17H2,1-4H3,(H,33,36)(H,34,35). The maximum absolute atomic E-state index is 12.3. The van der Waals surface area contributed by atoms with Crippen molar-refractivity contribution in [2.24, 2.45) is 5.92 Å². The van der Waals surface area contributed by atoms with Gasteiger partial charge in [-0.25, -0.2) is 0 Å². The maximum atomic E-state index is 12.3. The summed E-state index contributed by atoms with van der Waals surface area (Å²) in [5.74, 6) is 0.270. The molecule has 0 spiro atoms. The fourth-order valence-electron chi connectivity index (χ4n) is 4.12. The molecule has 1 unspecified atom stereocenters. The van der Waals surface area contributed by atoms with Gasteiger partial charge in [-0.15, -0.1) is 0 Å². The molecule has 1 amide bonds. The first-order valence-electron chi connectivity index (χ1n) is 12.7. The van der Waals surface area contributed by atoms with Crippen LogP contribution in [0.15, 0.2) is 66.7 Å². The van der Waals surface area contributed by atoms with Crippen molar-refractivity contribution >= 4 is 18.1 Å². The minimum absolute atomic E-state index is 0.0855. The Bertz CT molecular complexity index is 1210. The van der Waals surface area contributed by atoms with Crippen LogP contribution in [0, 0.1) is 11.3 Å². The predicted octanol–water partition coefficient (Wildman–Crippen LogP) is 6.85. The molecule has 3 aromatic carbocycles. The molecule has 0 heterocycles. The van der Waals surface area contributed by atoms with Crippen molar-refractivity contribution in [3.05, 3.63) is 89.0 Å². The van der Waals surface area contributed by atoms with Crippen LogP contribution in [-0.2, 0) is 4.79 Å². The maximum Gasteiger partial charge on any atom is 0.305 e. The molecule has 194 valence electrons. The van der Waals surface area contributed by atoms with Gasteiger partial charge in [0.2, 0.25) is 0 Å². The summed E-state index contributed by atoms with van der Waals surface area (Å²) in [7, 11) is 0. The van der Waals surface area contributed by atoms with Gasteiger partial charge in [0.25, 0.3) is 5.91 Å². The van der Waals surface area contributed by atoms with Crippen LogP contribution in [0.25, 0.3) is 11.1 Å². The number of carbonyl (C=O) groups is 2. The number of amides is 1. The number of hydrogen-bond acceptors (Lipinski definition) is 4. The van der Waals surface area contributed by atoms with Crippen LogP contribution in [0.1, 0.15) is 79.6 Å². The van der Waals surface area contributed by atoms with E-state index >= 15 is 0 Å². The monoisotopic (exact) mass is 500 g/mol. The third-order valence-corrected chi connectivity index (χ3v) is 6.20. The van der Waals surface area contributed by atoms with Crippen molar-refractivity contribution in [2.45, 2.75) is 52.6 Å². The number of carboxylic acids is 1. The highest BCUT2D eigenvalue weighted by Crippen LogP contribution is 2.32. The Morgan fingerprint density at radius 3 is 2.16 bits per heavy atom. The van der Waals surface area contributed by atoms with E-state index in [4.69, 9.17) is 15.3 Å². The number of carboxylic acid groups (broad SMARTS) is 1. The molecule has 0 radical (unpaired) electrons. The van der Waals surface area contributed by atoms with Crippen molar-refractivity contribution < 1.29 is 19.4 Å². The van der Waals surface area contributed by atoms with Crippen molar-refractivity contribution in [3.8, 4) is 16.9 Å². The molecule has 0 saturated heterocycles. The molecule has 0 bridgehead atoms. The first-order valence-corrected chi connectivity index (χ1v) is 12.7. The summed E-state index contributed by atoms with van der Waals surface area (Å²) in [5.41, 5.74) is 5.52. The molecule has 0 fully saturated rings. The summed E-state index contributed by atoms with van der Waals surface area (Å²) < 4.78 is 6.42. The van der Waals surface area contributed by atoms with Gasteiger partial charge in [-0.2, -0.15) is 0 Å². The molecule has 0 aliphatic rings. The van der Waals surface area contributed by atoms with Crippen molar-refractivity contribution in [3.63, 3.8) is 0 Å². The van der Waals surface area contributed by atoms with Crippen LogP contribution in [0.3, 0.4) is 0 Å². The summed E-state index contributed by atoms with van der Waals surface area (Å²) in [4.78, 5) is 23.0. The molecule has 0 aliphatic heterocycles. The van der Waals surface area contributed by atoms with Crippen LogP contribution in [0.4, 0.5) is 0 Å². The van der Waals surface area contributed by atoms with E-state index < -0.39 is 5.97 Å². The molecule has 3 N–H and O–H groups in total. The Morgan fingerprint density at radius 1 is 0.946 bits per heavy atom. The highest BCUT2D eigenvalue weighted by Gasteiger charge is 2.18. The van der Waals surface area contributed by atoms with E-state index in [2.05, 4.69) is 57.3 Å². The van der Waals surface area contributed by atoms with Crippen LogP contribution in [0.2, 0.25) is 0 Å². The van der Waals surface area contributed by atoms with Gasteiger partial charge < -0.3 is 20.6 Å². The highest BCUT2D eigenvalue weighted by molar-refractivity contribution is 5.94. The van der Waals surface area contributed by atoms with Crippen molar-refractivity contribution in [1.82, 2.24) is 5.32 Å². The van der Waals surface area contributed by atoms with Gasteiger partial charge in [-0.1, -0.05) is 70.2 Å². The average Bonchev–Trinajstić information content (AvgIpc) is 2.88. The van der Waals surface area contributed by atoms with E-state index in [1.165, 1.54) is 11.8 Å². The Morgan fingerprint density at radius 2 is 1.59 bits per heavy atom. The zero-order chi connectivity index (χ0) is 26.9. The number of carbonyl (C=O) groups excluding carboxylic acids is 1. The van der Waals surface area contributed by atoms with E-state index in [0.29, 0.717) is 23.1 Å². The van der Waals surface area contributed by atoms with Gasteiger partial charge in [0.1, 0.15) is 11.9 Å². The largest absolute Gasteiger partial charge is 0.486 e. The minimum Gasteiger partial charge on any atom is -0.486 e. The molecular weight excluding hydrogens is 464 g/mol. The lowest BCUT2D eigenvalue weighted by atomic mass is 9.96. The molecule has 6 heteroatoms. The Kier molecular flexibility index (Phi) is 9.61. The SMILES string of the molecule is CC(C)CC(Oc1ccc(-c2ccc(C(C)C)cc2)c(C=N)c1)c1ccc(C(=O)NCCC(=O)O)cc1. The van der Waals surface area contributed by atoms with Gasteiger partial charge >= 0.3 is 5.97 Å². The van der Waals surface area contributed by atoms with Gasteiger partial charge in [0, 0.05) is 23.9 Å². The van der Waals surface area contributed by atoms with Crippen molar-refractivity contribution in [2.75, 3.05) is 6.54 Å². The van der Waals surface area contributed by atoms with Crippen LogP contribution in [0.5, 0.6) is 5.75 Å². The minimum atomic E-state index is -0.951. The number of hydrogen-bond donors (Lipinski definition) is 3. The molecule has 3 rings (SSSR count). The summed E-state index contributed by atoms with van der Waals surface area (Å²) in [6, 6.07) is 21.5. The Labute approximate surface area is 219 Å². The summed E-state index contributed by atoms with van der Waals surface area (Å²) >= 11 is 0. The topological polar surface area (TPSA) is 99.5 Å². The van der Waals surface area contributed by atoms with E-state index in [-0.39, 0.29) is 25.0 Å². The Hall–Kier alpha value is -3.93. The average molecular weight is 501 g/mol. The second-order valence-electron chi connectivity index (χ2n) is 9.93. The van der Waals surface area contributed by atoms with Gasteiger partial charge in [-0.05, 0) is 64.8 Å². The van der Waals surface area contributed by atoms with Crippen LogP contribution >= 0.6 is 0 Å². The molecule has 6 nitrogen and oxygen atoms in total. The highest BCUT2D eigenvalue weighted by atomic mass is 16.5. The van der Waals surface area contributed by atoms with E-state index in [1.807, 2.05) is 30.3 Å². The number of nitrogens with one attached hydrogen (secondary N) is 2. The smallest absolute Gasteiger partial charge is 0.305 e. The zero-order valence-electron chi connectivity index (χ0n) is 22.0. The molecule has 37 heavy (non-hydrogen) atoms. The number of benzene rings is 3. The third kappa shape index (κ3) is 7.78. The van der Waals surface area contributed by atoms with E-state index in [0.717, 1.165) is 28.7 Å². The van der Waals surface area contributed by atoms with E-state index in [1.54, 1.807) is 12.1 Å². The summed E-state index contributed by atoms with van der Waals surface area (Å²) in [5, 5.41) is 19.3. The van der Waals surface area contributed by atoms with Gasteiger partial charge in [-0.3, -0.25) is 9.59 Å². The van der Waals surface area contributed by atoms with E-state index in [9.17, 15) is 9.59 Å². The lowest BCUT2D eigenvalue weighted by Gasteiger charge is -2.22. The molecule has 3 aromatic rings. The third-order valence-electron chi connectivity index (χ3n) is 6.20. The predicted molar refractivity (Wildman–Crippen MR) is 148 cm³/mol. The molecule has 0 aromatic heterocycles. The summed E-state index contributed by atoms with van der Waals surface area (Å²) in [6.45, 7) is 8.69. The van der Waals surface area contributed by atoms with Crippen LogP contribution < -0.4 is 10.1 Å². The molecule has 0 aliphatic carbocycles. The number of rotatable bonds is 12. The normalized spacial score (nSPS) is 11.8. The lowest BCUT2D eigenvalue weighted by Crippen LogP contribution is -2.26. The van der Waals surface area contributed by atoms with Gasteiger partial charge in [0.15, 0.2) is 0 Å². The quantitative estimate of drug-likeness (QED) is 0.237.